The molecule has 2 amide bonds. The quantitative estimate of drug-likeness (QED) is 0.472. The van der Waals surface area contributed by atoms with Crippen molar-refractivity contribution in [2.45, 2.75) is 12.5 Å². The van der Waals surface area contributed by atoms with Crippen molar-refractivity contribution in [3.8, 4) is 0 Å². The summed E-state index contributed by atoms with van der Waals surface area (Å²) < 4.78 is 0. The fourth-order valence-corrected chi connectivity index (χ4v) is 2.22. The van der Waals surface area contributed by atoms with Gasteiger partial charge in [0.15, 0.2) is 0 Å². The Hall–Kier alpha value is -1.10. The zero-order valence-corrected chi connectivity index (χ0v) is 7.25. The van der Waals surface area contributed by atoms with Gasteiger partial charge < -0.3 is 16.4 Å². The number of rotatable bonds is 2. The van der Waals surface area contributed by atoms with E-state index in [0.29, 0.717) is 0 Å². The lowest BCUT2D eigenvalue weighted by atomic mass is 9.92. The first-order valence-corrected chi connectivity index (χ1v) is 4.48. The molecular formula is C8H13N3O2. The Morgan fingerprint density at radius 2 is 2.31 bits per heavy atom. The van der Waals surface area contributed by atoms with Gasteiger partial charge in [-0.25, -0.2) is 0 Å². The number of nitrogens with two attached hydrogens (primary N) is 1. The molecule has 2 aliphatic heterocycles. The molecule has 0 aliphatic carbocycles. The minimum atomic E-state index is -0.349. The van der Waals surface area contributed by atoms with Gasteiger partial charge in [0.1, 0.15) is 0 Å². The lowest BCUT2D eigenvalue weighted by Gasteiger charge is -2.14. The molecule has 0 aromatic heterocycles. The number of carbonyl (C=O) groups excluding carboxylic acids is 2. The van der Waals surface area contributed by atoms with Gasteiger partial charge in [0, 0.05) is 31.5 Å². The number of nitrogens with one attached hydrogen (secondary N) is 2. The predicted octanol–water partition coefficient (Wildman–Crippen LogP) is -1.80. The first kappa shape index (κ1) is 8.50. The summed E-state index contributed by atoms with van der Waals surface area (Å²) in [5.41, 5.74) is 5.09. The van der Waals surface area contributed by atoms with Crippen LogP contribution in [0.15, 0.2) is 0 Å². The summed E-state index contributed by atoms with van der Waals surface area (Å²) >= 11 is 0. The molecule has 0 spiro atoms. The van der Waals surface area contributed by atoms with Crippen molar-refractivity contribution in [1.82, 2.24) is 10.6 Å². The highest BCUT2D eigenvalue weighted by Gasteiger charge is 2.45. The fraction of sp³-hybridized carbons (Fsp3) is 0.750. The summed E-state index contributed by atoms with van der Waals surface area (Å²) in [6.07, 6.45) is 0.259. The summed E-state index contributed by atoms with van der Waals surface area (Å²) in [5, 5.41) is 5.95. The van der Waals surface area contributed by atoms with E-state index in [9.17, 15) is 9.59 Å². The number of fused-ring (bicyclic) bond motifs is 1. The molecule has 72 valence electrons. The molecule has 5 nitrogen and oxygen atoms in total. The summed E-state index contributed by atoms with van der Waals surface area (Å²) in [7, 11) is 0. The van der Waals surface area contributed by atoms with Gasteiger partial charge in [0.25, 0.3) is 0 Å². The molecule has 0 aromatic carbocycles. The minimum Gasteiger partial charge on any atom is -0.370 e. The topological polar surface area (TPSA) is 84.2 Å². The van der Waals surface area contributed by atoms with Crippen LogP contribution in [0.1, 0.15) is 6.42 Å². The summed E-state index contributed by atoms with van der Waals surface area (Å²) in [6.45, 7) is 1.53. The van der Waals surface area contributed by atoms with Gasteiger partial charge in [0.05, 0.1) is 5.92 Å². The van der Waals surface area contributed by atoms with Crippen LogP contribution in [0.4, 0.5) is 0 Å². The SMILES string of the molecule is NC(=O)C[C@H]1NC(=O)[C@@H]2CNC[C@H]12. The molecule has 0 aromatic rings. The van der Waals surface area contributed by atoms with Gasteiger partial charge in [-0.15, -0.1) is 0 Å². The normalized spacial score (nSPS) is 37.2. The van der Waals surface area contributed by atoms with Gasteiger partial charge in [-0.05, 0) is 0 Å². The van der Waals surface area contributed by atoms with Crippen molar-refractivity contribution in [2.75, 3.05) is 13.1 Å². The van der Waals surface area contributed by atoms with Crippen LogP contribution in [0, 0.1) is 11.8 Å². The summed E-state index contributed by atoms with van der Waals surface area (Å²) in [4.78, 5) is 22.0. The first-order chi connectivity index (χ1) is 6.18. The molecule has 0 bridgehead atoms. The van der Waals surface area contributed by atoms with Gasteiger partial charge in [-0.3, -0.25) is 9.59 Å². The highest BCUT2D eigenvalue weighted by atomic mass is 16.2. The van der Waals surface area contributed by atoms with Crippen LogP contribution in [0.3, 0.4) is 0 Å². The van der Waals surface area contributed by atoms with E-state index in [4.69, 9.17) is 5.73 Å². The highest BCUT2D eigenvalue weighted by Crippen LogP contribution is 2.28. The zero-order valence-electron chi connectivity index (χ0n) is 7.25. The Kier molecular flexibility index (Phi) is 1.95. The number of carbonyl (C=O) groups is 2. The molecule has 2 aliphatic rings. The van der Waals surface area contributed by atoms with E-state index in [1.807, 2.05) is 0 Å². The number of amides is 2. The molecule has 2 heterocycles. The van der Waals surface area contributed by atoms with E-state index in [1.54, 1.807) is 0 Å². The average Bonchev–Trinajstić information content (AvgIpc) is 2.56. The fourth-order valence-electron chi connectivity index (χ4n) is 2.22. The largest absolute Gasteiger partial charge is 0.370 e. The van der Waals surface area contributed by atoms with Gasteiger partial charge in [-0.2, -0.15) is 0 Å². The van der Waals surface area contributed by atoms with Crippen molar-refractivity contribution < 1.29 is 9.59 Å². The van der Waals surface area contributed by atoms with Gasteiger partial charge in [-0.1, -0.05) is 0 Å². The van der Waals surface area contributed by atoms with Crippen molar-refractivity contribution in [1.29, 1.82) is 0 Å². The molecule has 0 saturated carbocycles. The molecule has 13 heavy (non-hydrogen) atoms. The standard InChI is InChI=1S/C8H13N3O2/c9-7(12)1-6-4-2-10-3-5(4)8(13)11-6/h4-6,10H,1-3H2,(H2,9,12)(H,11,13)/t4-,5+,6+/m0/s1. The Morgan fingerprint density at radius 3 is 3.00 bits per heavy atom. The van der Waals surface area contributed by atoms with Crippen LogP contribution in [0.5, 0.6) is 0 Å². The van der Waals surface area contributed by atoms with E-state index in [-0.39, 0.29) is 36.1 Å². The van der Waals surface area contributed by atoms with E-state index >= 15 is 0 Å². The zero-order chi connectivity index (χ0) is 9.42. The molecule has 2 fully saturated rings. The molecule has 0 unspecified atom stereocenters. The van der Waals surface area contributed by atoms with Crippen molar-refractivity contribution in [2.24, 2.45) is 17.6 Å². The van der Waals surface area contributed by atoms with Crippen molar-refractivity contribution in [3.63, 3.8) is 0 Å². The maximum atomic E-state index is 11.3. The van der Waals surface area contributed by atoms with E-state index in [0.717, 1.165) is 13.1 Å². The monoisotopic (exact) mass is 183 g/mol. The van der Waals surface area contributed by atoms with E-state index in [1.165, 1.54) is 0 Å². The Bertz CT molecular complexity index is 252. The Balaban J connectivity index is 2.06. The highest BCUT2D eigenvalue weighted by molar-refractivity contribution is 5.84. The van der Waals surface area contributed by atoms with Crippen molar-refractivity contribution in [3.05, 3.63) is 0 Å². The molecular weight excluding hydrogens is 170 g/mol. The van der Waals surface area contributed by atoms with Crippen LogP contribution in [0.25, 0.3) is 0 Å². The van der Waals surface area contributed by atoms with Crippen LogP contribution in [-0.4, -0.2) is 30.9 Å². The maximum absolute atomic E-state index is 11.3. The predicted molar refractivity (Wildman–Crippen MR) is 45.6 cm³/mol. The Morgan fingerprint density at radius 1 is 1.54 bits per heavy atom. The Labute approximate surface area is 76.0 Å². The van der Waals surface area contributed by atoms with E-state index < -0.39 is 0 Å². The number of hydrogen-bond acceptors (Lipinski definition) is 3. The molecule has 5 heteroatoms. The van der Waals surface area contributed by atoms with Crippen LogP contribution in [0.2, 0.25) is 0 Å². The second-order valence-electron chi connectivity index (χ2n) is 3.71. The second kappa shape index (κ2) is 2.99. The lowest BCUT2D eigenvalue weighted by Crippen LogP contribution is -2.36. The molecule has 0 radical (unpaired) electrons. The summed E-state index contributed by atoms with van der Waals surface area (Å²) in [5.74, 6) is 0.00319. The molecule has 4 N–H and O–H groups in total. The lowest BCUT2D eigenvalue weighted by molar-refractivity contribution is -0.122. The van der Waals surface area contributed by atoms with Crippen LogP contribution < -0.4 is 16.4 Å². The smallest absolute Gasteiger partial charge is 0.225 e. The van der Waals surface area contributed by atoms with Gasteiger partial charge in [0.2, 0.25) is 11.8 Å². The molecule has 2 rings (SSSR count). The number of hydrogen-bond donors (Lipinski definition) is 3. The number of primary amides is 1. The third-order valence-electron chi connectivity index (χ3n) is 2.86. The van der Waals surface area contributed by atoms with Crippen LogP contribution in [-0.2, 0) is 9.59 Å². The summed E-state index contributed by atoms with van der Waals surface area (Å²) in [6, 6.07) is -0.0509. The average molecular weight is 183 g/mol. The van der Waals surface area contributed by atoms with Gasteiger partial charge >= 0.3 is 0 Å². The third-order valence-corrected chi connectivity index (χ3v) is 2.86. The second-order valence-corrected chi connectivity index (χ2v) is 3.71. The third kappa shape index (κ3) is 1.39. The van der Waals surface area contributed by atoms with E-state index in [2.05, 4.69) is 10.6 Å². The van der Waals surface area contributed by atoms with Crippen molar-refractivity contribution >= 4 is 11.8 Å². The van der Waals surface area contributed by atoms with Crippen LogP contribution >= 0.6 is 0 Å². The first-order valence-electron chi connectivity index (χ1n) is 4.48. The minimum absolute atomic E-state index is 0.0457. The maximum Gasteiger partial charge on any atom is 0.225 e. The molecule has 2 saturated heterocycles. The molecule has 3 atom stereocenters.